The quantitative estimate of drug-likeness (QED) is 0.787. The van der Waals surface area contributed by atoms with E-state index in [0.717, 1.165) is 18.4 Å². The summed E-state index contributed by atoms with van der Waals surface area (Å²) in [5.74, 6) is 0.341. The monoisotopic (exact) mass is 360 g/mol. The molecule has 3 rings (SSSR count). The van der Waals surface area contributed by atoms with Crippen LogP contribution in [0.4, 0.5) is 0 Å². The normalized spacial score (nSPS) is 13.9. The average Bonchev–Trinajstić information content (AvgIpc) is 3.36. The van der Waals surface area contributed by atoms with Crippen LogP contribution in [0.1, 0.15) is 42.7 Å². The first-order valence-electron chi connectivity index (χ1n) is 8.47. The van der Waals surface area contributed by atoms with Crippen LogP contribution in [0.2, 0.25) is 5.02 Å². The lowest BCUT2D eigenvalue weighted by atomic mass is 10.0. The van der Waals surface area contributed by atoms with Crippen molar-refractivity contribution in [2.24, 2.45) is 11.8 Å². The van der Waals surface area contributed by atoms with Gasteiger partial charge in [-0.1, -0.05) is 25.4 Å². The molecule has 0 saturated heterocycles. The Morgan fingerprint density at radius 1 is 1.28 bits per heavy atom. The van der Waals surface area contributed by atoms with Crippen LogP contribution in [0.3, 0.4) is 0 Å². The van der Waals surface area contributed by atoms with Crippen LogP contribution < -0.4 is 4.74 Å². The lowest BCUT2D eigenvalue weighted by Crippen LogP contribution is -2.14. The van der Waals surface area contributed by atoms with E-state index >= 15 is 0 Å². The molecule has 0 spiro atoms. The molecule has 0 radical (unpaired) electrons. The average molecular weight is 361 g/mol. The first-order chi connectivity index (χ1) is 11.9. The largest absolute Gasteiger partial charge is 0.477 e. The number of carboxylic acid groups (broad SMARTS) is 1. The molecule has 1 aromatic heterocycles. The lowest BCUT2D eigenvalue weighted by Gasteiger charge is -2.14. The Balaban J connectivity index is 2.06. The number of aromatic carboxylic acids is 1. The van der Waals surface area contributed by atoms with Gasteiger partial charge >= 0.3 is 5.97 Å². The van der Waals surface area contributed by atoms with Gasteiger partial charge in [0.15, 0.2) is 5.82 Å². The third-order valence-electron chi connectivity index (χ3n) is 4.02. The molecule has 132 valence electrons. The number of carboxylic acids is 1. The number of hydrogen-bond acceptors (Lipinski definition) is 4. The molecule has 25 heavy (non-hydrogen) atoms. The second-order valence-electron chi connectivity index (χ2n) is 6.84. The fraction of sp³-hybridized carbons (Fsp3) is 0.421. The summed E-state index contributed by atoms with van der Waals surface area (Å²) >= 11 is 5.95. The number of nitrogens with zero attached hydrogens (tertiary/aromatic N) is 2. The van der Waals surface area contributed by atoms with E-state index in [9.17, 15) is 9.90 Å². The molecule has 0 bridgehead atoms. The Hall–Kier alpha value is -2.14. The Morgan fingerprint density at radius 2 is 1.96 bits per heavy atom. The Bertz CT molecular complexity index is 771. The molecule has 0 amide bonds. The van der Waals surface area contributed by atoms with Crippen molar-refractivity contribution >= 4 is 17.6 Å². The van der Waals surface area contributed by atoms with Crippen LogP contribution in [0, 0.1) is 11.8 Å². The van der Waals surface area contributed by atoms with Crippen LogP contribution in [0.15, 0.2) is 24.3 Å². The van der Waals surface area contributed by atoms with E-state index in [1.165, 1.54) is 0 Å². The van der Waals surface area contributed by atoms with Crippen molar-refractivity contribution in [3.05, 3.63) is 40.5 Å². The predicted octanol–water partition coefficient (Wildman–Crippen LogP) is 4.48. The first kappa shape index (κ1) is 17.7. The maximum atomic E-state index is 11.8. The summed E-state index contributed by atoms with van der Waals surface area (Å²) in [4.78, 5) is 20.7. The van der Waals surface area contributed by atoms with Crippen molar-refractivity contribution in [3.8, 4) is 17.3 Å². The van der Waals surface area contributed by atoms with E-state index in [1.54, 1.807) is 12.1 Å². The standard InChI is InChI=1S/C19H21ClN2O3/c1-11(2)9-15-16(19(23)24)18(25-10-12-3-4-12)22-17(21-15)13-5-7-14(20)8-6-13/h5-8,11-12H,3-4,9-10H2,1-2H3,(H,23,24). The van der Waals surface area contributed by atoms with Crippen molar-refractivity contribution in [1.82, 2.24) is 9.97 Å². The van der Waals surface area contributed by atoms with Gasteiger partial charge < -0.3 is 9.84 Å². The van der Waals surface area contributed by atoms with Gasteiger partial charge in [-0.15, -0.1) is 0 Å². The molecule has 1 saturated carbocycles. The summed E-state index contributed by atoms with van der Waals surface area (Å²) in [6.07, 6.45) is 2.79. The molecule has 0 unspecified atom stereocenters. The van der Waals surface area contributed by atoms with Crippen LogP contribution in [0.5, 0.6) is 5.88 Å². The zero-order chi connectivity index (χ0) is 18.0. The van der Waals surface area contributed by atoms with Crippen LogP contribution in [-0.2, 0) is 6.42 Å². The molecule has 2 aromatic rings. The van der Waals surface area contributed by atoms with Crippen LogP contribution >= 0.6 is 11.6 Å². The van der Waals surface area contributed by atoms with Gasteiger partial charge in [-0.2, -0.15) is 4.98 Å². The number of benzene rings is 1. The molecular formula is C19H21ClN2O3. The van der Waals surface area contributed by atoms with Gasteiger partial charge in [-0.05, 0) is 55.4 Å². The van der Waals surface area contributed by atoms with Gasteiger partial charge in [0.05, 0.1) is 12.3 Å². The third kappa shape index (κ3) is 4.48. The van der Waals surface area contributed by atoms with Crippen LogP contribution in [0.25, 0.3) is 11.4 Å². The van der Waals surface area contributed by atoms with E-state index in [0.29, 0.717) is 35.5 Å². The zero-order valence-electron chi connectivity index (χ0n) is 14.3. The van der Waals surface area contributed by atoms with Crippen LogP contribution in [-0.4, -0.2) is 27.7 Å². The van der Waals surface area contributed by atoms with E-state index < -0.39 is 5.97 Å². The summed E-state index contributed by atoms with van der Waals surface area (Å²) < 4.78 is 5.77. The van der Waals surface area contributed by atoms with Gasteiger partial charge in [0.2, 0.25) is 5.88 Å². The number of carbonyl (C=O) groups is 1. The minimum atomic E-state index is -1.05. The summed E-state index contributed by atoms with van der Waals surface area (Å²) in [5.41, 5.74) is 1.36. The fourth-order valence-electron chi connectivity index (χ4n) is 2.55. The molecule has 0 aliphatic heterocycles. The minimum absolute atomic E-state index is 0.0760. The van der Waals surface area contributed by atoms with E-state index in [2.05, 4.69) is 9.97 Å². The summed E-state index contributed by atoms with van der Waals surface area (Å²) in [5, 5.41) is 10.3. The van der Waals surface area contributed by atoms with E-state index in [4.69, 9.17) is 16.3 Å². The molecule has 1 N–H and O–H groups in total. The highest BCUT2D eigenvalue weighted by atomic mass is 35.5. The van der Waals surface area contributed by atoms with Crippen molar-refractivity contribution < 1.29 is 14.6 Å². The highest BCUT2D eigenvalue weighted by Gasteiger charge is 2.26. The minimum Gasteiger partial charge on any atom is -0.477 e. The van der Waals surface area contributed by atoms with Gasteiger partial charge in [-0.3, -0.25) is 0 Å². The topological polar surface area (TPSA) is 72.3 Å². The SMILES string of the molecule is CC(C)Cc1nc(-c2ccc(Cl)cc2)nc(OCC2CC2)c1C(=O)O. The number of ether oxygens (including phenoxy) is 1. The maximum absolute atomic E-state index is 11.8. The Morgan fingerprint density at radius 3 is 2.52 bits per heavy atom. The van der Waals surface area contributed by atoms with Gasteiger partial charge in [0, 0.05) is 10.6 Å². The number of hydrogen-bond donors (Lipinski definition) is 1. The van der Waals surface area contributed by atoms with Gasteiger partial charge in [0.1, 0.15) is 5.56 Å². The molecule has 5 nitrogen and oxygen atoms in total. The molecule has 0 atom stereocenters. The van der Waals surface area contributed by atoms with Crippen molar-refractivity contribution in [2.45, 2.75) is 33.1 Å². The molecule has 1 aromatic carbocycles. The molecule has 6 heteroatoms. The molecule has 1 aliphatic carbocycles. The molecular weight excluding hydrogens is 340 g/mol. The first-order valence-corrected chi connectivity index (χ1v) is 8.84. The van der Waals surface area contributed by atoms with Crippen molar-refractivity contribution in [3.63, 3.8) is 0 Å². The Labute approximate surface area is 152 Å². The highest BCUT2D eigenvalue weighted by molar-refractivity contribution is 6.30. The maximum Gasteiger partial charge on any atom is 0.343 e. The smallest absolute Gasteiger partial charge is 0.343 e. The third-order valence-corrected chi connectivity index (χ3v) is 4.27. The van der Waals surface area contributed by atoms with Gasteiger partial charge in [0.25, 0.3) is 0 Å². The zero-order valence-corrected chi connectivity index (χ0v) is 15.1. The second kappa shape index (κ2) is 7.40. The van der Waals surface area contributed by atoms with E-state index in [-0.39, 0.29) is 17.4 Å². The van der Waals surface area contributed by atoms with E-state index in [1.807, 2.05) is 26.0 Å². The van der Waals surface area contributed by atoms with Gasteiger partial charge in [-0.25, -0.2) is 9.78 Å². The predicted molar refractivity (Wildman–Crippen MR) is 96.2 cm³/mol. The summed E-state index contributed by atoms with van der Waals surface area (Å²) in [6.45, 7) is 4.55. The molecule has 1 aliphatic rings. The number of halogens is 1. The van der Waals surface area contributed by atoms with Crippen molar-refractivity contribution in [1.29, 1.82) is 0 Å². The second-order valence-corrected chi connectivity index (χ2v) is 7.27. The number of aromatic nitrogens is 2. The molecule has 1 heterocycles. The molecule has 1 fully saturated rings. The van der Waals surface area contributed by atoms with Crippen molar-refractivity contribution in [2.75, 3.05) is 6.61 Å². The Kier molecular flexibility index (Phi) is 5.23. The summed E-state index contributed by atoms with van der Waals surface area (Å²) in [6, 6.07) is 7.17. The number of rotatable bonds is 7. The highest BCUT2D eigenvalue weighted by Crippen LogP contribution is 2.32. The lowest BCUT2D eigenvalue weighted by molar-refractivity contribution is 0.0688. The summed E-state index contributed by atoms with van der Waals surface area (Å²) in [7, 11) is 0. The fourth-order valence-corrected chi connectivity index (χ4v) is 2.67.